The lowest BCUT2D eigenvalue weighted by Gasteiger charge is -2.22. The van der Waals surface area contributed by atoms with E-state index in [4.69, 9.17) is 24.7 Å². The predicted molar refractivity (Wildman–Crippen MR) is 123 cm³/mol. The van der Waals surface area contributed by atoms with Gasteiger partial charge in [0.15, 0.2) is 11.5 Å². The second-order valence-corrected chi connectivity index (χ2v) is 7.67. The van der Waals surface area contributed by atoms with Crippen LogP contribution in [0.5, 0.6) is 28.7 Å². The van der Waals surface area contributed by atoms with Gasteiger partial charge in [0.05, 0.1) is 44.6 Å². The van der Waals surface area contributed by atoms with Crippen LogP contribution in [-0.4, -0.2) is 50.7 Å². The van der Waals surface area contributed by atoms with Crippen molar-refractivity contribution in [3.8, 4) is 28.7 Å². The molecule has 0 unspecified atom stereocenters. The smallest absolute Gasteiger partial charge is 0.258 e. The number of amides is 1. The van der Waals surface area contributed by atoms with Gasteiger partial charge in [-0.2, -0.15) is 0 Å². The summed E-state index contributed by atoms with van der Waals surface area (Å²) in [7, 11) is 6.17. The van der Waals surface area contributed by atoms with Crippen molar-refractivity contribution < 1.29 is 23.7 Å². The van der Waals surface area contributed by atoms with Gasteiger partial charge in [-0.1, -0.05) is 12.1 Å². The van der Waals surface area contributed by atoms with E-state index >= 15 is 0 Å². The van der Waals surface area contributed by atoms with Gasteiger partial charge in [-0.3, -0.25) is 4.79 Å². The van der Waals surface area contributed by atoms with Crippen molar-refractivity contribution in [1.82, 2.24) is 9.88 Å². The number of rotatable bonds is 10. The van der Waals surface area contributed by atoms with Gasteiger partial charge < -0.3 is 29.6 Å². The highest BCUT2D eigenvalue weighted by Crippen LogP contribution is 2.48. The Morgan fingerprint density at radius 2 is 1.75 bits per heavy atom. The van der Waals surface area contributed by atoms with E-state index in [1.807, 2.05) is 29.6 Å². The number of carbonyl (C=O) groups excluding carboxylic acids is 1. The van der Waals surface area contributed by atoms with E-state index in [0.29, 0.717) is 30.3 Å². The Bertz CT molecular complexity index is 1040. The Kier molecular flexibility index (Phi) is 7.91. The van der Waals surface area contributed by atoms with Crippen LogP contribution in [0.1, 0.15) is 21.6 Å². The Balaban J connectivity index is 1.99. The van der Waals surface area contributed by atoms with Crippen molar-refractivity contribution in [2.75, 3.05) is 34.9 Å². The number of hydrogen-bond donors (Lipinski definition) is 1. The van der Waals surface area contributed by atoms with E-state index in [1.165, 1.54) is 32.7 Å². The molecule has 2 aromatic carbocycles. The quantitative estimate of drug-likeness (QED) is 0.495. The molecular formula is C23H27N3O5S. The lowest BCUT2D eigenvalue weighted by molar-refractivity contribution is 0.0779. The summed E-state index contributed by atoms with van der Waals surface area (Å²) in [6.07, 6.45) is 0.782. The van der Waals surface area contributed by atoms with Crippen molar-refractivity contribution in [1.29, 1.82) is 0 Å². The van der Waals surface area contributed by atoms with E-state index in [1.54, 1.807) is 23.5 Å². The van der Waals surface area contributed by atoms with Gasteiger partial charge in [0, 0.05) is 18.5 Å². The summed E-state index contributed by atoms with van der Waals surface area (Å²) in [6, 6.07) is 9.19. The van der Waals surface area contributed by atoms with E-state index in [0.717, 1.165) is 17.7 Å². The third-order valence-corrected chi connectivity index (χ3v) is 5.45. The summed E-state index contributed by atoms with van der Waals surface area (Å²) in [5, 5.41) is 1.90. The molecule has 0 atom stereocenters. The van der Waals surface area contributed by atoms with Gasteiger partial charge >= 0.3 is 0 Å². The lowest BCUT2D eigenvalue weighted by atomic mass is 10.1. The number of thiazole rings is 1. The monoisotopic (exact) mass is 457 g/mol. The number of aromatic nitrogens is 1. The van der Waals surface area contributed by atoms with Crippen molar-refractivity contribution in [3.63, 3.8) is 0 Å². The standard InChI is InChI=1S/C23H27N3O5S/c1-26(12-16-13-32-14-25-16)23(27)18-11-19(21(29-3)22(30-4)20(18)28-2)31-17-7-5-15(6-8-17)9-10-24/h5-8,11,13-14H,9-10,12,24H2,1-4H3. The topological polar surface area (TPSA) is 96.1 Å². The molecule has 3 aromatic rings. The van der Waals surface area contributed by atoms with Crippen LogP contribution in [0.15, 0.2) is 41.2 Å². The summed E-state index contributed by atoms with van der Waals surface area (Å²) >= 11 is 1.48. The maximum absolute atomic E-state index is 13.3. The molecule has 3 rings (SSSR count). The first-order chi connectivity index (χ1) is 15.5. The minimum Gasteiger partial charge on any atom is -0.492 e. The molecule has 0 aliphatic carbocycles. The van der Waals surface area contributed by atoms with Crippen LogP contribution in [0, 0.1) is 0 Å². The van der Waals surface area contributed by atoms with E-state index in [-0.39, 0.29) is 23.0 Å². The molecule has 0 fully saturated rings. The highest BCUT2D eigenvalue weighted by Gasteiger charge is 2.27. The average Bonchev–Trinajstić information content (AvgIpc) is 3.32. The third kappa shape index (κ3) is 5.12. The van der Waals surface area contributed by atoms with Crippen molar-refractivity contribution in [3.05, 3.63) is 58.0 Å². The van der Waals surface area contributed by atoms with Gasteiger partial charge in [-0.15, -0.1) is 11.3 Å². The van der Waals surface area contributed by atoms with E-state index < -0.39 is 0 Å². The number of ether oxygens (including phenoxy) is 4. The second-order valence-electron chi connectivity index (χ2n) is 6.95. The average molecular weight is 458 g/mol. The first-order valence-corrected chi connectivity index (χ1v) is 10.9. The van der Waals surface area contributed by atoms with Crippen LogP contribution < -0.4 is 24.7 Å². The Morgan fingerprint density at radius 1 is 1.06 bits per heavy atom. The zero-order valence-electron chi connectivity index (χ0n) is 18.6. The van der Waals surface area contributed by atoms with Crippen molar-refractivity contribution in [2.45, 2.75) is 13.0 Å². The molecule has 1 aromatic heterocycles. The Hall–Kier alpha value is -3.30. The molecule has 9 heteroatoms. The van der Waals surface area contributed by atoms with Crippen LogP contribution >= 0.6 is 11.3 Å². The van der Waals surface area contributed by atoms with Crippen LogP contribution in [0.3, 0.4) is 0 Å². The summed E-state index contributed by atoms with van der Waals surface area (Å²) in [5.41, 5.74) is 9.55. The fourth-order valence-electron chi connectivity index (χ4n) is 3.27. The third-order valence-electron chi connectivity index (χ3n) is 4.81. The molecule has 1 heterocycles. The predicted octanol–water partition coefficient (Wildman–Crippen LogP) is 3.73. The normalized spacial score (nSPS) is 10.5. The van der Waals surface area contributed by atoms with E-state index in [2.05, 4.69) is 4.98 Å². The Morgan fingerprint density at radius 3 is 2.31 bits per heavy atom. The Labute approximate surface area is 191 Å². The molecule has 0 bridgehead atoms. The molecule has 170 valence electrons. The molecular weight excluding hydrogens is 430 g/mol. The zero-order valence-corrected chi connectivity index (χ0v) is 19.4. The van der Waals surface area contributed by atoms with Gasteiger partial charge in [0.25, 0.3) is 5.91 Å². The van der Waals surface area contributed by atoms with E-state index in [9.17, 15) is 4.79 Å². The molecule has 1 amide bonds. The summed E-state index contributed by atoms with van der Waals surface area (Å²) in [5.74, 6) is 1.53. The van der Waals surface area contributed by atoms with Crippen molar-refractivity contribution in [2.24, 2.45) is 5.73 Å². The van der Waals surface area contributed by atoms with Gasteiger partial charge in [0.2, 0.25) is 11.5 Å². The van der Waals surface area contributed by atoms with Gasteiger partial charge in [-0.05, 0) is 30.7 Å². The number of methoxy groups -OCH3 is 3. The molecule has 32 heavy (non-hydrogen) atoms. The highest BCUT2D eigenvalue weighted by molar-refractivity contribution is 7.07. The summed E-state index contributed by atoms with van der Waals surface area (Å²) in [6.45, 7) is 0.933. The molecule has 0 saturated carbocycles. The van der Waals surface area contributed by atoms with Gasteiger partial charge in [0.1, 0.15) is 5.75 Å². The van der Waals surface area contributed by atoms with Crippen LogP contribution in [0.4, 0.5) is 0 Å². The largest absolute Gasteiger partial charge is 0.492 e. The first kappa shape index (κ1) is 23.4. The first-order valence-electron chi connectivity index (χ1n) is 9.94. The molecule has 0 saturated heterocycles. The van der Waals surface area contributed by atoms with Crippen LogP contribution in [-0.2, 0) is 13.0 Å². The highest BCUT2D eigenvalue weighted by atomic mass is 32.1. The fourth-order valence-corrected chi connectivity index (χ4v) is 3.82. The van der Waals surface area contributed by atoms with Gasteiger partial charge in [-0.25, -0.2) is 4.98 Å². The number of nitrogens with zero attached hydrogens (tertiary/aromatic N) is 2. The van der Waals surface area contributed by atoms with Crippen LogP contribution in [0.25, 0.3) is 0 Å². The summed E-state index contributed by atoms with van der Waals surface area (Å²) < 4.78 is 22.7. The number of benzene rings is 2. The maximum atomic E-state index is 13.3. The van der Waals surface area contributed by atoms with Crippen LogP contribution in [0.2, 0.25) is 0 Å². The lowest BCUT2D eigenvalue weighted by Crippen LogP contribution is -2.27. The molecule has 2 N–H and O–H groups in total. The second kappa shape index (κ2) is 10.8. The molecule has 0 spiro atoms. The minimum absolute atomic E-state index is 0.265. The number of carbonyl (C=O) groups is 1. The maximum Gasteiger partial charge on any atom is 0.258 e. The number of nitrogens with two attached hydrogens (primary N) is 1. The minimum atomic E-state index is -0.265. The number of hydrogen-bond acceptors (Lipinski definition) is 8. The molecule has 8 nitrogen and oxygen atoms in total. The summed E-state index contributed by atoms with van der Waals surface area (Å²) in [4.78, 5) is 19.1. The molecule has 0 radical (unpaired) electrons. The zero-order chi connectivity index (χ0) is 23.1. The van der Waals surface area contributed by atoms with Crippen molar-refractivity contribution >= 4 is 17.2 Å². The fraction of sp³-hybridized carbons (Fsp3) is 0.304. The molecule has 0 aliphatic rings. The SMILES string of the molecule is COc1c(Oc2ccc(CCN)cc2)cc(C(=O)N(C)Cc2cscn2)c(OC)c1OC. The molecule has 0 aliphatic heterocycles.